The number of hydrogen-bond donors (Lipinski definition) is 2. The predicted octanol–water partition coefficient (Wildman–Crippen LogP) is 2.97. The van der Waals surface area contributed by atoms with Crippen molar-refractivity contribution in [1.82, 2.24) is 15.1 Å². The molecule has 0 bridgehead atoms. The zero-order chi connectivity index (χ0) is 21.2. The van der Waals surface area contributed by atoms with Gasteiger partial charge in [0.15, 0.2) is 5.82 Å². The van der Waals surface area contributed by atoms with Crippen molar-refractivity contribution in [2.75, 3.05) is 26.1 Å². The average Bonchev–Trinajstić information content (AvgIpc) is 3.08. The lowest BCUT2D eigenvalue weighted by Gasteiger charge is -2.30. The quantitative estimate of drug-likeness (QED) is 0.814. The molecule has 0 spiro atoms. The summed E-state index contributed by atoms with van der Waals surface area (Å²) in [4.78, 5) is 26.8. The molecule has 1 aliphatic heterocycles. The van der Waals surface area contributed by atoms with E-state index in [4.69, 9.17) is 14.2 Å². The van der Waals surface area contributed by atoms with Crippen LogP contribution in [-0.2, 0) is 17.7 Å². The Labute approximate surface area is 169 Å². The Morgan fingerprint density at radius 1 is 1.14 bits per heavy atom. The molecule has 1 aromatic heterocycles. The van der Waals surface area contributed by atoms with Crippen LogP contribution in [0.2, 0.25) is 0 Å². The summed E-state index contributed by atoms with van der Waals surface area (Å²) in [6.45, 7) is 6.30. The number of rotatable bonds is 4. The van der Waals surface area contributed by atoms with Gasteiger partial charge < -0.3 is 24.4 Å². The number of fused-ring (bicyclic) bond motifs is 1. The van der Waals surface area contributed by atoms with Crippen molar-refractivity contribution in [2.45, 2.75) is 39.3 Å². The summed E-state index contributed by atoms with van der Waals surface area (Å²) in [6, 6.07) is 4.92. The first kappa shape index (κ1) is 20.5. The lowest BCUT2D eigenvalue weighted by molar-refractivity contribution is 0.0224. The minimum atomic E-state index is -0.573. The third kappa shape index (κ3) is 4.79. The Bertz CT molecular complexity index is 894. The van der Waals surface area contributed by atoms with Crippen LogP contribution in [0.15, 0.2) is 18.2 Å². The van der Waals surface area contributed by atoms with Crippen molar-refractivity contribution in [3.63, 3.8) is 0 Å². The van der Waals surface area contributed by atoms with Crippen LogP contribution in [0.3, 0.4) is 0 Å². The fraction of sp³-hybridized carbons (Fsp3) is 0.450. The highest BCUT2D eigenvalue weighted by atomic mass is 16.6. The number of methoxy groups -OCH3 is 2. The predicted molar refractivity (Wildman–Crippen MR) is 106 cm³/mol. The molecule has 1 aliphatic rings. The lowest BCUT2D eigenvalue weighted by atomic mass is 10.1. The molecule has 0 fully saturated rings. The number of ether oxygens (including phenoxy) is 3. The molecular weight excluding hydrogens is 376 g/mol. The number of carbonyl (C=O) groups is 2. The van der Waals surface area contributed by atoms with E-state index < -0.39 is 5.60 Å². The van der Waals surface area contributed by atoms with Crippen molar-refractivity contribution in [3.05, 3.63) is 35.0 Å². The number of benzene rings is 1. The van der Waals surface area contributed by atoms with Crippen molar-refractivity contribution >= 4 is 17.8 Å². The number of anilines is 1. The van der Waals surface area contributed by atoms with E-state index in [0.29, 0.717) is 42.4 Å². The van der Waals surface area contributed by atoms with Crippen LogP contribution in [0.4, 0.5) is 10.6 Å². The maximum Gasteiger partial charge on any atom is 0.410 e. The Balaban J connectivity index is 1.77. The molecule has 0 unspecified atom stereocenters. The highest BCUT2D eigenvalue weighted by molar-refractivity contribution is 6.04. The number of amides is 2. The number of hydrogen-bond acceptors (Lipinski definition) is 6. The second-order valence-corrected chi connectivity index (χ2v) is 7.74. The highest BCUT2D eigenvalue weighted by Gasteiger charge is 2.29. The van der Waals surface area contributed by atoms with Crippen LogP contribution in [0, 0.1) is 0 Å². The van der Waals surface area contributed by atoms with Crippen molar-refractivity contribution < 1.29 is 23.8 Å². The van der Waals surface area contributed by atoms with Crippen LogP contribution in [-0.4, -0.2) is 53.5 Å². The van der Waals surface area contributed by atoms with E-state index in [2.05, 4.69) is 15.5 Å². The normalized spacial score (nSPS) is 13.5. The molecule has 0 saturated heterocycles. The standard InChI is InChI=1S/C20H26N4O5/c1-20(2,3)29-19(26)24-7-6-16-15(11-24)17(23-22-16)21-18(25)12-8-13(27-4)10-14(9-12)28-5/h8-10H,6-7,11H2,1-5H3,(H2,21,22,23,25). The molecular formula is C20H26N4O5. The van der Waals surface area contributed by atoms with Crippen LogP contribution in [0.5, 0.6) is 11.5 Å². The van der Waals surface area contributed by atoms with Gasteiger partial charge in [0, 0.05) is 35.9 Å². The van der Waals surface area contributed by atoms with Crippen molar-refractivity contribution in [3.8, 4) is 11.5 Å². The van der Waals surface area contributed by atoms with Gasteiger partial charge in [-0.3, -0.25) is 9.89 Å². The smallest absolute Gasteiger partial charge is 0.410 e. The molecule has 2 heterocycles. The zero-order valence-electron chi connectivity index (χ0n) is 17.3. The van der Waals surface area contributed by atoms with Crippen LogP contribution in [0.1, 0.15) is 42.4 Å². The second kappa shape index (κ2) is 8.02. The Kier molecular flexibility index (Phi) is 5.67. The van der Waals surface area contributed by atoms with Gasteiger partial charge in [-0.1, -0.05) is 0 Å². The van der Waals surface area contributed by atoms with Gasteiger partial charge >= 0.3 is 6.09 Å². The average molecular weight is 402 g/mol. The molecule has 2 N–H and O–H groups in total. The minimum Gasteiger partial charge on any atom is -0.497 e. The Morgan fingerprint density at radius 2 is 1.79 bits per heavy atom. The Morgan fingerprint density at radius 3 is 2.38 bits per heavy atom. The number of nitrogens with one attached hydrogen (secondary N) is 2. The van der Waals surface area contributed by atoms with E-state index in [1.165, 1.54) is 14.2 Å². The molecule has 156 valence electrons. The largest absolute Gasteiger partial charge is 0.497 e. The molecule has 2 aromatic rings. The third-order valence-electron chi connectivity index (χ3n) is 4.43. The summed E-state index contributed by atoms with van der Waals surface area (Å²) in [6.07, 6.45) is 0.212. The summed E-state index contributed by atoms with van der Waals surface area (Å²) in [5.41, 5.74) is 1.46. The summed E-state index contributed by atoms with van der Waals surface area (Å²) in [5.74, 6) is 1.05. The van der Waals surface area contributed by atoms with Crippen LogP contribution in [0.25, 0.3) is 0 Å². The monoisotopic (exact) mass is 402 g/mol. The Hall–Kier alpha value is -3.23. The molecule has 0 atom stereocenters. The molecule has 0 saturated carbocycles. The first-order valence-electron chi connectivity index (χ1n) is 9.28. The number of carbonyl (C=O) groups excluding carboxylic acids is 2. The molecule has 1 aromatic carbocycles. The number of nitrogens with zero attached hydrogens (tertiary/aromatic N) is 2. The fourth-order valence-electron chi connectivity index (χ4n) is 3.00. The molecule has 9 nitrogen and oxygen atoms in total. The van der Waals surface area contributed by atoms with E-state index in [0.717, 1.165) is 11.3 Å². The minimum absolute atomic E-state index is 0.303. The molecule has 2 amide bonds. The number of aromatic nitrogens is 2. The first-order valence-corrected chi connectivity index (χ1v) is 9.28. The van der Waals surface area contributed by atoms with E-state index in [1.54, 1.807) is 23.1 Å². The summed E-state index contributed by atoms with van der Waals surface area (Å²) in [7, 11) is 3.04. The molecule has 29 heavy (non-hydrogen) atoms. The molecule has 9 heteroatoms. The molecule has 3 rings (SSSR count). The van der Waals surface area contributed by atoms with Gasteiger partial charge in [0.25, 0.3) is 5.91 Å². The van der Waals surface area contributed by atoms with Gasteiger partial charge in [-0.15, -0.1) is 0 Å². The first-order chi connectivity index (χ1) is 13.7. The summed E-state index contributed by atoms with van der Waals surface area (Å²) >= 11 is 0. The van der Waals surface area contributed by atoms with Gasteiger partial charge in [-0.2, -0.15) is 5.10 Å². The molecule has 0 radical (unpaired) electrons. The maximum absolute atomic E-state index is 12.8. The van der Waals surface area contributed by atoms with Gasteiger partial charge in [0.05, 0.1) is 20.8 Å². The highest BCUT2D eigenvalue weighted by Crippen LogP contribution is 2.27. The zero-order valence-corrected chi connectivity index (χ0v) is 17.3. The number of H-pyrrole nitrogens is 1. The summed E-state index contributed by atoms with van der Waals surface area (Å²) < 4.78 is 15.9. The van der Waals surface area contributed by atoms with Gasteiger partial charge in [-0.25, -0.2) is 4.79 Å². The fourth-order valence-corrected chi connectivity index (χ4v) is 3.00. The van der Waals surface area contributed by atoms with Crippen LogP contribution < -0.4 is 14.8 Å². The van der Waals surface area contributed by atoms with E-state index in [-0.39, 0.29) is 12.0 Å². The number of aromatic amines is 1. The SMILES string of the molecule is COc1cc(OC)cc(C(=O)Nc2n[nH]c3c2CN(C(=O)OC(C)(C)C)CC3)c1. The van der Waals surface area contributed by atoms with Crippen LogP contribution >= 0.6 is 0 Å². The van der Waals surface area contributed by atoms with E-state index in [9.17, 15) is 9.59 Å². The van der Waals surface area contributed by atoms with Gasteiger partial charge in [-0.05, 0) is 32.9 Å². The summed E-state index contributed by atoms with van der Waals surface area (Å²) in [5, 5.41) is 9.97. The van der Waals surface area contributed by atoms with Crippen molar-refractivity contribution in [2.24, 2.45) is 0 Å². The lowest BCUT2D eigenvalue weighted by Crippen LogP contribution is -2.40. The van der Waals surface area contributed by atoms with Gasteiger partial charge in [0.1, 0.15) is 17.1 Å². The second-order valence-electron chi connectivity index (χ2n) is 7.74. The maximum atomic E-state index is 12.8. The molecule has 0 aliphatic carbocycles. The van der Waals surface area contributed by atoms with E-state index >= 15 is 0 Å². The van der Waals surface area contributed by atoms with E-state index in [1.807, 2.05) is 20.8 Å². The van der Waals surface area contributed by atoms with Gasteiger partial charge in [0.2, 0.25) is 0 Å². The topological polar surface area (TPSA) is 106 Å². The van der Waals surface area contributed by atoms with Crippen molar-refractivity contribution in [1.29, 1.82) is 0 Å². The third-order valence-corrected chi connectivity index (χ3v) is 4.43.